The van der Waals surface area contributed by atoms with Crippen molar-refractivity contribution in [1.82, 2.24) is 0 Å². The van der Waals surface area contributed by atoms with E-state index < -0.39 is 0 Å². The van der Waals surface area contributed by atoms with Gasteiger partial charge in [0, 0.05) is 0 Å². The zero-order chi connectivity index (χ0) is 9.56. The van der Waals surface area contributed by atoms with Crippen LogP contribution in [0.15, 0.2) is 48.6 Å². The van der Waals surface area contributed by atoms with E-state index in [-0.39, 0.29) is 24.0 Å². The maximum Gasteiger partial charge on any atom is -0.0225 e. The molecule has 0 atom stereocenters. The highest BCUT2D eigenvalue weighted by Gasteiger charge is 1.93. The lowest BCUT2D eigenvalue weighted by Gasteiger charge is -2.02. The van der Waals surface area contributed by atoms with Gasteiger partial charge in [-0.1, -0.05) is 56.9 Å². The van der Waals surface area contributed by atoms with Gasteiger partial charge in [0.2, 0.25) is 0 Å². The van der Waals surface area contributed by atoms with E-state index >= 15 is 0 Å². The molecule has 0 aromatic rings. The van der Waals surface area contributed by atoms with Crippen LogP contribution in [-0.4, -0.2) is 0 Å². The highest BCUT2D eigenvalue weighted by Crippen LogP contribution is 2.09. The molecule has 0 aliphatic heterocycles. The summed E-state index contributed by atoms with van der Waals surface area (Å²) in [6.07, 6.45) is 7.96. The van der Waals surface area contributed by atoms with Crippen molar-refractivity contribution in [2.24, 2.45) is 5.92 Å². The minimum atomic E-state index is 0. The summed E-state index contributed by atoms with van der Waals surface area (Å²) in [4.78, 5) is 0. The quantitative estimate of drug-likeness (QED) is 0.528. The first-order valence-electron chi connectivity index (χ1n) is 4.26. The summed E-state index contributed by atoms with van der Waals surface area (Å²) < 4.78 is 0. The summed E-state index contributed by atoms with van der Waals surface area (Å²) >= 11 is 0. The summed E-state index contributed by atoms with van der Waals surface area (Å²) in [7, 11) is 0. The summed E-state index contributed by atoms with van der Waals surface area (Å²) in [5.41, 5.74) is 2.15. The Morgan fingerprint density at radius 1 is 1.08 bits per heavy atom. The van der Waals surface area contributed by atoms with E-state index in [9.17, 15) is 0 Å². The predicted molar refractivity (Wildman–Crippen MR) is 72.5 cm³/mol. The molecule has 0 unspecified atom stereocenters. The van der Waals surface area contributed by atoms with Crippen LogP contribution in [0, 0.1) is 5.92 Å². The van der Waals surface area contributed by atoms with Crippen LogP contribution >= 0.6 is 24.0 Å². The second-order valence-electron chi connectivity index (χ2n) is 3.14. The fourth-order valence-corrected chi connectivity index (χ4v) is 0.676. The van der Waals surface area contributed by atoms with Crippen LogP contribution < -0.4 is 0 Å². The Morgan fingerprint density at radius 2 is 1.62 bits per heavy atom. The molecule has 0 aliphatic carbocycles. The number of halogens is 1. The lowest BCUT2D eigenvalue weighted by atomic mass is 10.0. The van der Waals surface area contributed by atoms with Gasteiger partial charge in [0.05, 0.1) is 0 Å². The summed E-state index contributed by atoms with van der Waals surface area (Å²) in [5, 5.41) is 0. The monoisotopic (exact) mass is 290 g/mol. The average Bonchev–Trinajstić information content (AvgIpc) is 2.00. The topological polar surface area (TPSA) is 0 Å². The maximum atomic E-state index is 3.93. The molecule has 0 amide bonds. The number of hydrogen-bond acceptors (Lipinski definition) is 0. The zero-order valence-electron chi connectivity index (χ0n) is 8.71. The fraction of sp³-hybridized carbons (Fsp3) is 0.333. The molecule has 0 aromatic heterocycles. The molecule has 0 bridgehead atoms. The Morgan fingerprint density at radius 3 is 2.00 bits per heavy atom. The van der Waals surface area contributed by atoms with Crippen molar-refractivity contribution in [3.05, 3.63) is 48.6 Å². The van der Waals surface area contributed by atoms with Gasteiger partial charge in [-0.25, -0.2) is 0 Å². The minimum absolute atomic E-state index is 0. The van der Waals surface area contributed by atoms with Gasteiger partial charge >= 0.3 is 0 Å². The largest absolute Gasteiger partial charge is 0.107 e. The molecule has 0 spiro atoms. The molecule has 1 heteroatoms. The normalized spacial score (nSPS) is 10.8. The fourth-order valence-electron chi connectivity index (χ4n) is 0.676. The molecule has 0 aliphatic rings. The Bertz CT molecular complexity index is 219. The summed E-state index contributed by atoms with van der Waals surface area (Å²) in [6, 6.07) is 0. The van der Waals surface area contributed by atoms with Gasteiger partial charge in [-0.3, -0.25) is 0 Å². The molecule has 0 fully saturated rings. The summed E-state index contributed by atoms with van der Waals surface area (Å²) in [5.74, 6) is 0.514. The standard InChI is InChI=1S/C12H18.HI/c1-6-7-11(4)8-9-12(5)10(2)3;/h6-10H,4-5H2,1-3H3;1H/b7-6+,9-8-;. The second kappa shape index (κ2) is 8.30. The summed E-state index contributed by atoms with van der Waals surface area (Å²) in [6.45, 7) is 14.0. The molecule has 0 N–H and O–H groups in total. The van der Waals surface area contributed by atoms with Crippen molar-refractivity contribution in [3.63, 3.8) is 0 Å². The van der Waals surface area contributed by atoms with Crippen molar-refractivity contribution >= 4 is 24.0 Å². The molecule has 13 heavy (non-hydrogen) atoms. The van der Waals surface area contributed by atoms with Crippen LogP contribution in [0.3, 0.4) is 0 Å². The first kappa shape index (κ1) is 15.2. The van der Waals surface area contributed by atoms with Gasteiger partial charge in [0.1, 0.15) is 0 Å². The van der Waals surface area contributed by atoms with E-state index in [2.05, 4.69) is 27.0 Å². The third-order valence-electron chi connectivity index (χ3n) is 1.63. The first-order valence-corrected chi connectivity index (χ1v) is 4.26. The third-order valence-corrected chi connectivity index (χ3v) is 1.63. The van der Waals surface area contributed by atoms with Crippen molar-refractivity contribution < 1.29 is 0 Å². The number of allylic oxidation sites excluding steroid dienone is 6. The van der Waals surface area contributed by atoms with Crippen LogP contribution in [-0.2, 0) is 0 Å². The van der Waals surface area contributed by atoms with E-state index in [4.69, 9.17) is 0 Å². The van der Waals surface area contributed by atoms with Gasteiger partial charge < -0.3 is 0 Å². The highest BCUT2D eigenvalue weighted by atomic mass is 127. The van der Waals surface area contributed by atoms with Crippen LogP contribution in [0.1, 0.15) is 20.8 Å². The van der Waals surface area contributed by atoms with Crippen LogP contribution in [0.2, 0.25) is 0 Å². The minimum Gasteiger partial charge on any atom is -0.107 e. The van der Waals surface area contributed by atoms with Crippen LogP contribution in [0.4, 0.5) is 0 Å². The van der Waals surface area contributed by atoms with Gasteiger partial charge in [-0.15, -0.1) is 24.0 Å². The molecule has 0 radical (unpaired) electrons. The number of hydrogen-bond donors (Lipinski definition) is 0. The number of rotatable bonds is 4. The highest BCUT2D eigenvalue weighted by molar-refractivity contribution is 14.0. The first-order chi connectivity index (χ1) is 5.57. The van der Waals surface area contributed by atoms with Gasteiger partial charge in [0.25, 0.3) is 0 Å². The van der Waals surface area contributed by atoms with Crippen LogP contribution in [0.5, 0.6) is 0 Å². The molecule has 0 saturated heterocycles. The second-order valence-corrected chi connectivity index (χ2v) is 3.14. The Kier molecular flexibility index (Phi) is 9.68. The van der Waals surface area contributed by atoms with E-state index in [1.54, 1.807) is 0 Å². The molecule has 0 rings (SSSR count). The molecule has 0 heterocycles. The van der Waals surface area contributed by atoms with Crippen molar-refractivity contribution in [2.45, 2.75) is 20.8 Å². The Labute approximate surface area is 99.1 Å². The van der Waals surface area contributed by atoms with Crippen molar-refractivity contribution in [3.8, 4) is 0 Å². The molecule has 74 valence electrons. The molecule has 0 nitrogen and oxygen atoms in total. The molecular formula is C12H19I. The average molecular weight is 290 g/mol. The maximum absolute atomic E-state index is 3.93. The van der Waals surface area contributed by atoms with Gasteiger partial charge in [0.15, 0.2) is 0 Å². The SMILES string of the molecule is C=C(/C=C\C(=C)C(C)C)/C=C/C.I. The van der Waals surface area contributed by atoms with E-state index in [1.807, 2.05) is 31.2 Å². The molecule has 0 aromatic carbocycles. The van der Waals surface area contributed by atoms with E-state index in [0.29, 0.717) is 5.92 Å². The Balaban J connectivity index is 0. The lowest BCUT2D eigenvalue weighted by Crippen LogP contribution is -1.87. The van der Waals surface area contributed by atoms with Crippen molar-refractivity contribution in [2.75, 3.05) is 0 Å². The third kappa shape index (κ3) is 8.03. The van der Waals surface area contributed by atoms with Gasteiger partial charge in [-0.2, -0.15) is 0 Å². The smallest absolute Gasteiger partial charge is 0.0225 e. The lowest BCUT2D eigenvalue weighted by molar-refractivity contribution is 0.795. The molecular weight excluding hydrogens is 271 g/mol. The van der Waals surface area contributed by atoms with Gasteiger partial charge in [-0.05, 0) is 18.4 Å². The zero-order valence-corrected chi connectivity index (χ0v) is 11.0. The molecule has 0 saturated carbocycles. The Hall–Kier alpha value is -0.310. The van der Waals surface area contributed by atoms with E-state index in [1.165, 1.54) is 0 Å². The van der Waals surface area contributed by atoms with Crippen LogP contribution in [0.25, 0.3) is 0 Å². The van der Waals surface area contributed by atoms with E-state index in [0.717, 1.165) is 11.1 Å². The van der Waals surface area contributed by atoms with Crippen molar-refractivity contribution in [1.29, 1.82) is 0 Å². The predicted octanol–water partition coefficient (Wildman–Crippen LogP) is 4.51.